The number of carbonyl (C=O) groups excluding carboxylic acids is 1. The van der Waals surface area contributed by atoms with Gasteiger partial charge in [-0.2, -0.15) is 0 Å². The van der Waals surface area contributed by atoms with Gasteiger partial charge in [0.05, 0.1) is 19.3 Å². The number of Topliss-reactive ketones (excluding diaryl/α,β-unsaturated/α-hetero) is 1. The average Bonchev–Trinajstić information content (AvgIpc) is 2.24. The van der Waals surface area contributed by atoms with Crippen LogP contribution in [0.25, 0.3) is 0 Å². The lowest BCUT2D eigenvalue weighted by atomic mass is 9.95. The molecule has 0 aliphatic carbocycles. The zero-order chi connectivity index (χ0) is 11.9. The summed E-state index contributed by atoms with van der Waals surface area (Å²) in [4.78, 5) is 11.9. The quantitative estimate of drug-likeness (QED) is 0.738. The lowest BCUT2D eigenvalue weighted by Gasteiger charge is -2.29. The summed E-state index contributed by atoms with van der Waals surface area (Å²) in [6.07, 6.45) is 0. The third-order valence-corrected chi connectivity index (χ3v) is 2.58. The molecule has 1 aromatic carbocycles. The molecule has 0 unspecified atom stereocenters. The molecule has 0 aromatic heterocycles. The number of ether oxygens (including phenoxy) is 2. The molecule has 2 N–H and O–H groups in total. The largest absolute Gasteiger partial charge is 0.504 e. The van der Waals surface area contributed by atoms with Gasteiger partial charge in [0.15, 0.2) is 11.5 Å². The lowest BCUT2D eigenvalue weighted by molar-refractivity contribution is -0.165. The number of benzene rings is 1. The Labute approximate surface area is 92.2 Å². The number of ketones is 1. The maximum absolute atomic E-state index is 11.9. The second-order valence-corrected chi connectivity index (χ2v) is 3.75. The molecule has 86 valence electrons. The summed E-state index contributed by atoms with van der Waals surface area (Å²) in [6, 6.07) is 2.99. The minimum atomic E-state index is -1.87. The molecule has 0 bridgehead atoms. The van der Waals surface area contributed by atoms with Crippen molar-refractivity contribution in [2.24, 2.45) is 0 Å². The Kier molecular flexibility index (Phi) is 2.36. The summed E-state index contributed by atoms with van der Waals surface area (Å²) in [6.45, 7) is 1.37. The predicted octanol–water partition coefficient (Wildman–Crippen LogP) is 0.822. The van der Waals surface area contributed by atoms with E-state index in [0.29, 0.717) is 5.56 Å². The molecule has 1 atom stereocenters. The van der Waals surface area contributed by atoms with E-state index in [9.17, 15) is 15.0 Å². The van der Waals surface area contributed by atoms with Gasteiger partial charge in [-0.05, 0) is 18.6 Å². The van der Waals surface area contributed by atoms with Crippen molar-refractivity contribution in [2.75, 3.05) is 7.11 Å². The number of carbonyl (C=O) groups is 1. The van der Waals surface area contributed by atoms with Crippen molar-refractivity contribution in [3.63, 3.8) is 0 Å². The Hall–Kier alpha value is -1.59. The van der Waals surface area contributed by atoms with Crippen LogP contribution in [0.15, 0.2) is 12.1 Å². The van der Waals surface area contributed by atoms with Gasteiger partial charge in [-0.15, -0.1) is 0 Å². The minimum absolute atomic E-state index is 0.0751. The van der Waals surface area contributed by atoms with E-state index >= 15 is 0 Å². The molecule has 2 rings (SSSR count). The molecule has 5 heteroatoms. The van der Waals surface area contributed by atoms with Crippen molar-refractivity contribution in [1.82, 2.24) is 0 Å². The van der Waals surface area contributed by atoms with Crippen LogP contribution in [-0.2, 0) is 11.3 Å². The van der Waals surface area contributed by atoms with Crippen LogP contribution in [0.4, 0.5) is 0 Å². The first kappa shape index (κ1) is 10.9. The van der Waals surface area contributed by atoms with E-state index in [4.69, 9.17) is 9.47 Å². The zero-order valence-corrected chi connectivity index (χ0v) is 8.98. The number of phenolic OH excluding ortho intramolecular Hbond substituents is 1. The van der Waals surface area contributed by atoms with E-state index in [-0.39, 0.29) is 23.7 Å². The lowest BCUT2D eigenvalue weighted by Crippen LogP contribution is -2.42. The SMILES string of the molecule is COc1c(O)ccc2c1C(=O)[C@@](C)(O)OC2. The fourth-order valence-corrected chi connectivity index (χ4v) is 1.70. The fourth-order valence-electron chi connectivity index (χ4n) is 1.70. The summed E-state index contributed by atoms with van der Waals surface area (Å²) in [5.74, 6) is -2.53. The van der Waals surface area contributed by atoms with Gasteiger partial charge < -0.3 is 19.7 Å². The van der Waals surface area contributed by atoms with E-state index in [0.717, 1.165) is 0 Å². The molecule has 1 aliphatic heterocycles. The molecular weight excluding hydrogens is 212 g/mol. The molecule has 1 aliphatic rings. The molecule has 0 amide bonds. The smallest absolute Gasteiger partial charge is 0.228 e. The average molecular weight is 224 g/mol. The fraction of sp³-hybridized carbons (Fsp3) is 0.364. The summed E-state index contributed by atoms with van der Waals surface area (Å²) in [5, 5.41) is 19.2. The molecule has 0 saturated heterocycles. The second kappa shape index (κ2) is 3.47. The van der Waals surface area contributed by atoms with E-state index < -0.39 is 11.6 Å². The Morgan fingerprint density at radius 2 is 2.19 bits per heavy atom. The maximum atomic E-state index is 11.9. The topological polar surface area (TPSA) is 76.0 Å². The molecular formula is C11H12O5. The number of hydrogen-bond acceptors (Lipinski definition) is 5. The van der Waals surface area contributed by atoms with Crippen LogP contribution < -0.4 is 4.74 Å². The summed E-state index contributed by atoms with van der Waals surface area (Å²) in [5.41, 5.74) is 0.768. The molecule has 1 aromatic rings. The van der Waals surface area contributed by atoms with Gasteiger partial charge in [-0.3, -0.25) is 4.79 Å². The van der Waals surface area contributed by atoms with Crippen LogP contribution >= 0.6 is 0 Å². The summed E-state index contributed by atoms with van der Waals surface area (Å²) < 4.78 is 9.98. The highest BCUT2D eigenvalue weighted by atomic mass is 16.6. The van der Waals surface area contributed by atoms with Gasteiger partial charge in [0.2, 0.25) is 11.6 Å². The first-order chi connectivity index (χ1) is 7.47. The summed E-state index contributed by atoms with van der Waals surface area (Å²) in [7, 11) is 1.35. The molecule has 0 spiro atoms. The highest BCUT2D eigenvalue weighted by molar-refractivity contribution is 6.05. The van der Waals surface area contributed by atoms with Gasteiger partial charge in [0, 0.05) is 0 Å². The number of aliphatic hydroxyl groups is 1. The third-order valence-electron chi connectivity index (χ3n) is 2.58. The van der Waals surface area contributed by atoms with Crippen LogP contribution in [0.1, 0.15) is 22.8 Å². The van der Waals surface area contributed by atoms with Crippen LogP contribution in [0.3, 0.4) is 0 Å². The number of hydrogen-bond donors (Lipinski definition) is 2. The highest BCUT2D eigenvalue weighted by Crippen LogP contribution is 2.38. The molecule has 0 saturated carbocycles. The monoisotopic (exact) mass is 224 g/mol. The van der Waals surface area contributed by atoms with Crippen molar-refractivity contribution in [3.05, 3.63) is 23.3 Å². The molecule has 0 radical (unpaired) electrons. The second-order valence-electron chi connectivity index (χ2n) is 3.75. The Balaban J connectivity index is 2.65. The van der Waals surface area contributed by atoms with Crippen molar-refractivity contribution in [1.29, 1.82) is 0 Å². The Morgan fingerprint density at radius 3 is 2.81 bits per heavy atom. The third kappa shape index (κ3) is 1.45. The van der Waals surface area contributed by atoms with E-state index in [1.165, 1.54) is 20.1 Å². The Morgan fingerprint density at radius 1 is 1.50 bits per heavy atom. The van der Waals surface area contributed by atoms with Gasteiger partial charge in [-0.1, -0.05) is 6.07 Å². The number of aromatic hydroxyl groups is 1. The molecule has 1 heterocycles. The van der Waals surface area contributed by atoms with E-state index in [2.05, 4.69) is 0 Å². The minimum Gasteiger partial charge on any atom is -0.504 e. The molecule has 0 fully saturated rings. The predicted molar refractivity (Wildman–Crippen MR) is 54.4 cm³/mol. The number of methoxy groups -OCH3 is 1. The number of fused-ring (bicyclic) bond motifs is 1. The van der Waals surface area contributed by atoms with Crippen molar-refractivity contribution >= 4 is 5.78 Å². The molecule has 5 nitrogen and oxygen atoms in total. The van der Waals surface area contributed by atoms with Crippen molar-refractivity contribution in [2.45, 2.75) is 19.3 Å². The zero-order valence-electron chi connectivity index (χ0n) is 8.98. The van der Waals surface area contributed by atoms with Gasteiger partial charge >= 0.3 is 0 Å². The number of rotatable bonds is 1. The molecule has 16 heavy (non-hydrogen) atoms. The van der Waals surface area contributed by atoms with Crippen molar-refractivity contribution < 1.29 is 24.5 Å². The first-order valence-electron chi connectivity index (χ1n) is 4.77. The van der Waals surface area contributed by atoms with Gasteiger partial charge in [0.25, 0.3) is 0 Å². The maximum Gasteiger partial charge on any atom is 0.228 e. The first-order valence-corrected chi connectivity index (χ1v) is 4.77. The Bertz CT molecular complexity index is 450. The van der Waals surface area contributed by atoms with Gasteiger partial charge in [0.1, 0.15) is 0 Å². The standard InChI is InChI=1S/C11H12O5/c1-11(14)10(13)8-6(5-16-11)3-4-7(12)9(8)15-2/h3-4,12,14H,5H2,1-2H3/t11-/m0/s1. The van der Waals surface area contributed by atoms with Crippen LogP contribution in [0.2, 0.25) is 0 Å². The van der Waals surface area contributed by atoms with Crippen LogP contribution in [-0.4, -0.2) is 28.9 Å². The summed E-state index contributed by atoms with van der Waals surface area (Å²) >= 11 is 0. The van der Waals surface area contributed by atoms with Crippen LogP contribution in [0.5, 0.6) is 11.5 Å². The normalized spacial score (nSPS) is 24.1. The van der Waals surface area contributed by atoms with Gasteiger partial charge in [-0.25, -0.2) is 0 Å². The number of phenols is 1. The van der Waals surface area contributed by atoms with Crippen LogP contribution in [0, 0.1) is 0 Å². The van der Waals surface area contributed by atoms with Crippen molar-refractivity contribution in [3.8, 4) is 11.5 Å². The van der Waals surface area contributed by atoms with E-state index in [1.54, 1.807) is 6.07 Å². The highest BCUT2D eigenvalue weighted by Gasteiger charge is 2.40. The van der Waals surface area contributed by atoms with E-state index in [1.807, 2.05) is 0 Å².